The maximum Gasteiger partial charge on any atom is 0.223 e. The van der Waals surface area contributed by atoms with Crippen LogP contribution in [0.15, 0.2) is 0 Å². The molecule has 3 nitrogen and oxygen atoms in total. The zero-order valence-corrected chi connectivity index (χ0v) is 12.6. The molecule has 1 aliphatic heterocycles. The van der Waals surface area contributed by atoms with Gasteiger partial charge in [-0.2, -0.15) is 0 Å². The number of amides is 1. The van der Waals surface area contributed by atoms with E-state index in [-0.39, 0.29) is 5.54 Å². The molecule has 3 heteroatoms. The Morgan fingerprint density at radius 3 is 2.39 bits per heavy atom. The van der Waals surface area contributed by atoms with Crippen molar-refractivity contribution in [1.29, 1.82) is 0 Å². The molecule has 1 fully saturated rings. The van der Waals surface area contributed by atoms with Gasteiger partial charge in [-0.05, 0) is 39.5 Å². The molecule has 0 aromatic carbocycles. The highest BCUT2D eigenvalue weighted by Gasteiger charge is 2.22. The third-order valence-electron chi connectivity index (χ3n) is 3.66. The van der Waals surface area contributed by atoms with Crippen molar-refractivity contribution in [2.45, 2.75) is 65.3 Å². The molecule has 1 amide bonds. The topological polar surface area (TPSA) is 32.3 Å². The minimum Gasteiger partial charge on any atom is -0.343 e. The van der Waals surface area contributed by atoms with Crippen LogP contribution in [0, 0.1) is 5.92 Å². The summed E-state index contributed by atoms with van der Waals surface area (Å²) in [5.41, 5.74) is 0.106. The Labute approximate surface area is 112 Å². The second-order valence-electron chi connectivity index (χ2n) is 6.54. The van der Waals surface area contributed by atoms with Gasteiger partial charge in [0.15, 0.2) is 0 Å². The van der Waals surface area contributed by atoms with E-state index in [9.17, 15) is 4.79 Å². The minimum absolute atomic E-state index is 0.106. The summed E-state index contributed by atoms with van der Waals surface area (Å²) < 4.78 is 0. The van der Waals surface area contributed by atoms with Crippen LogP contribution >= 0.6 is 0 Å². The lowest BCUT2D eigenvalue weighted by molar-refractivity contribution is -0.132. The predicted octanol–water partition coefficient (Wildman–Crippen LogP) is 2.80. The van der Waals surface area contributed by atoms with Crippen LogP contribution in [-0.2, 0) is 4.79 Å². The highest BCUT2D eigenvalue weighted by Crippen LogP contribution is 2.21. The van der Waals surface area contributed by atoms with Crippen molar-refractivity contribution >= 4 is 5.91 Å². The Kier molecular flexibility index (Phi) is 6.13. The Hall–Kier alpha value is -0.570. The van der Waals surface area contributed by atoms with Crippen molar-refractivity contribution in [3.8, 4) is 0 Å². The van der Waals surface area contributed by atoms with Crippen molar-refractivity contribution in [3.05, 3.63) is 0 Å². The van der Waals surface area contributed by atoms with E-state index in [0.717, 1.165) is 25.6 Å². The molecule has 0 aromatic heterocycles. The second-order valence-corrected chi connectivity index (χ2v) is 6.54. The van der Waals surface area contributed by atoms with Crippen LogP contribution in [0.1, 0.15) is 59.8 Å². The molecule has 18 heavy (non-hydrogen) atoms. The van der Waals surface area contributed by atoms with E-state index in [1.807, 2.05) is 0 Å². The fraction of sp³-hybridized carbons (Fsp3) is 0.933. The summed E-state index contributed by atoms with van der Waals surface area (Å²) in [7, 11) is 0. The van der Waals surface area contributed by atoms with Gasteiger partial charge in [0.2, 0.25) is 5.91 Å². The van der Waals surface area contributed by atoms with E-state index in [4.69, 9.17) is 0 Å². The molecule has 1 aliphatic rings. The summed E-state index contributed by atoms with van der Waals surface area (Å²) >= 11 is 0. The average molecular weight is 254 g/mol. The molecular weight excluding hydrogens is 224 g/mol. The molecule has 0 unspecified atom stereocenters. The first-order chi connectivity index (χ1) is 8.42. The first-order valence-electron chi connectivity index (χ1n) is 7.45. The number of carbonyl (C=O) groups excluding carboxylic acids is 1. The van der Waals surface area contributed by atoms with Gasteiger partial charge in [0, 0.05) is 31.6 Å². The van der Waals surface area contributed by atoms with Crippen LogP contribution in [0.5, 0.6) is 0 Å². The summed E-state index contributed by atoms with van der Waals surface area (Å²) in [6.45, 7) is 11.4. The first kappa shape index (κ1) is 15.5. The zero-order valence-electron chi connectivity index (χ0n) is 12.6. The number of piperidine rings is 1. The number of hydrogen-bond acceptors (Lipinski definition) is 2. The van der Waals surface area contributed by atoms with Crippen LogP contribution in [-0.4, -0.2) is 36.0 Å². The molecule has 0 atom stereocenters. The molecule has 0 spiro atoms. The number of likely N-dealkylation sites (tertiary alicyclic amines) is 1. The van der Waals surface area contributed by atoms with Gasteiger partial charge < -0.3 is 10.2 Å². The summed E-state index contributed by atoms with van der Waals surface area (Å²) in [6, 6.07) is 0. The number of nitrogens with one attached hydrogen (secondary N) is 1. The van der Waals surface area contributed by atoms with Gasteiger partial charge in [-0.3, -0.25) is 4.79 Å². The van der Waals surface area contributed by atoms with Crippen LogP contribution in [0.4, 0.5) is 0 Å². The fourth-order valence-electron chi connectivity index (χ4n) is 2.58. The van der Waals surface area contributed by atoms with E-state index in [2.05, 4.69) is 37.9 Å². The number of nitrogens with zero attached hydrogens (tertiary/aromatic N) is 1. The van der Waals surface area contributed by atoms with E-state index in [0.29, 0.717) is 12.3 Å². The van der Waals surface area contributed by atoms with Gasteiger partial charge in [-0.1, -0.05) is 19.8 Å². The monoisotopic (exact) mass is 254 g/mol. The van der Waals surface area contributed by atoms with Gasteiger partial charge in [-0.15, -0.1) is 0 Å². The van der Waals surface area contributed by atoms with Crippen LogP contribution in [0.25, 0.3) is 0 Å². The van der Waals surface area contributed by atoms with Gasteiger partial charge in [-0.25, -0.2) is 0 Å². The molecular formula is C15H30N2O. The highest BCUT2D eigenvalue weighted by molar-refractivity contribution is 5.76. The van der Waals surface area contributed by atoms with Crippen molar-refractivity contribution < 1.29 is 4.79 Å². The molecule has 0 aromatic rings. The highest BCUT2D eigenvalue weighted by atomic mass is 16.2. The smallest absolute Gasteiger partial charge is 0.223 e. The van der Waals surface area contributed by atoms with E-state index < -0.39 is 0 Å². The van der Waals surface area contributed by atoms with Crippen molar-refractivity contribution in [2.24, 2.45) is 5.92 Å². The van der Waals surface area contributed by atoms with Crippen LogP contribution < -0.4 is 5.32 Å². The van der Waals surface area contributed by atoms with Crippen molar-refractivity contribution in [3.63, 3.8) is 0 Å². The maximum absolute atomic E-state index is 12.0. The van der Waals surface area contributed by atoms with Gasteiger partial charge >= 0.3 is 0 Å². The molecule has 0 radical (unpaired) electrons. The maximum atomic E-state index is 12.0. The number of hydrogen-bond donors (Lipinski definition) is 1. The van der Waals surface area contributed by atoms with Crippen LogP contribution in [0.3, 0.4) is 0 Å². The first-order valence-corrected chi connectivity index (χ1v) is 7.45. The molecule has 1 heterocycles. The van der Waals surface area contributed by atoms with Gasteiger partial charge in [0.1, 0.15) is 0 Å². The Balaban J connectivity index is 2.20. The third-order valence-corrected chi connectivity index (χ3v) is 3.66. The number of rotatable bonds is 5. The summed E-state index contributed by atoms with van der Waals surface area (Å²) in [5, 5.41) is 3.37. The van der Waals surface area contributed by atoms with Gasteiger partial charge in [0.25, 0.3) is 0 Å². The third kappa shape index (κ3) is 5.85. The summed E-state index contributed by atoms with van der Waals surface area (Å²) in [4.78, 5) is 14.1. The second kappa shape index (κ2) is 7.13. The SMILES string of the molecule is CCCC1CCN(C(=O)CCNC(C)(C)C)CC1. The molecule has 1 saturated heterocycles. The zero-order chi connectivity index (χ0) is 13.6. The molecule has 106 valence electrons. The summed E-state index contributed by atoms with van der Waals surface area (Å²) in [6.07, 6.45) is 5.63. The average Bonchev–Trinajstić information content (AvgIpc) is 2.28. The summed E-state index contributed by atoms with van der Waals surface area (Å²) in [5.74, 6) is 1.17. The Bertz CT molecular complexity index is 250. The quantitative estimate of drug-likeness (QED) is 0.818. The molecule has 1 N–H and O–H groups in total. The van der Waals surface area contributed by atoms with E-state index in [1.165, 1.54) is 25.7 Å². The molecule has 0 saturated carbocycles. The molecule has 0 aliphatic carbocycles. The van der Waals surface area contributed by atoms with Gasteiger partial charge in [0.05, 0.1) is 0 Å². The largest absolute Gasteiger partial charge is 0.343 e. The van der Waals surface area contributed by atoms with Crippen molar-refractivity contribution in [1.82, 2.24) is 10.2 Å². The number of carbonyl (C=O) groups is 1. The Morgan fingerprint density at radius 2 is 1.89 bits per heavy atom. The van der Waals surface area contributed by atoms with Crippen molar-refractivity contribution in [2.75, 3.05) is 19.6 Å². The lowest BCUT2D eigenvalue weighted by atomic mass is 9.92. The lowest BCUT2D eigenvalue weighted by Gasteiger charge is -2.32. The predicted molar refractivity (Wildman–Crippen MR) is 76.6 cm³/mol. The standard InChI is InChI=1S/C15H30N2O/c1-5-6-13-8-11-17(12-9-13)14(18)7-10-16-15(2,3)4/h13,16H,5-12H2,1-4H3. The lowest BCUT2D eigenvalue weighted by Crippen LogP contribution is -2.42. The van der Waals surface area contributed by atoms with Crippen LogP contribution in [0.2, 0.25) is 0 Å². The Morgan fingerprint density at radius 1 is 1.28 bits per heavy atom. The molecule has 0 bridgehead atoms. The fourth-order valence-corrected chi connectivity index (χ4v) is 2.58. The normalized spacial score (nSPS) is 18.1. The molecule has 1 rings (SSSR count). The van der Waals surface area contributed by atoms with E-state index >= 15 is 0 Å². The minimum atomic E-state index is 0.106. The van der Waals surface area contributed by atoms with E-state index in [1.54, 1.807) is 0 Å².